The van der Waals surface area contributed by atoms with Crippen LogP contribution in [0.25, 0.3) is 0 Å². The maximum atomic E-state index is 13.0. The number of Topliss-reactive ketones (excluding diaryl/α,β-unsaturated/α-hetero) is 2. The van der Waals surface area contributed by atoms with Gasteiger partial charge in [0, 0.05) is 36.2 Å². The lowest BCUT2D eigenvalue weighted by molar-refractivity contribution is -0.151. The third kappa shape index (κ3) is 17.6. The number of nitrogen functional groups attached to an aromatic ring is 1. The van der Waals surface area contributed by atoms with Gasteiger partial charge in [-0.1, -0.05) is 13.8 Å². The summed E-state index contributed by atoms with van der Waals surface area (Å²) < 4.78 is 11.0. The van der Waals surface area contributed by atoms with Gasteiger partial charge in [-0.15, -0.1) is 0 Å². The fourth-order valence-electron chi connectivity index (χ4n) is 5.77. The summed E-state index contributed by atoms with van der Waals surface area (Å²) in [6, 6.07) is 4.45. The van der Waals surface area contributed by atoms with Crippen molar-refractivity contribution in [3.8, 4) is 0 Å². The van der Waals surface area contributed by atoms with E-state index < -0.39 is 57.7 Å². The molecule has 1 aromatic carbocycles. The number of carboxylic acid groups (broad SMARTS) is 2. The number of benzene rings is 1. The molecule has 0 aromatic heterocycles. The van der Waals surface area contributed by atoms with Crippen LogP contribution in [0.2, 0.25) is 0 Å². The van der Waals surface area contributed by atoms with Gasteiger partial charge in [-0.25, -0.2) is 4.79 Å². The summed E-state index contributed by atoms with van der Waals surface area (Å²) in [5.74, 6) is -4.40. The van der Waals surface area contributed by atoms with Crippen molar-refractivity contribution in [3.63, 3.8) is 0 Å². The van der Waals surface area contributed by atoms with Crippen LogP contribution in [0.15, 0.2) is 24.3 Å². The number of nitrogens with two attached hydrogens (primary N) is 2. The molecule has 0 fully saturated rings. The Morgan fingerprint density at radius 3 is 1.91 bits per heavy atom. The van der Waals surface area contributed by atoms with Crippen LogP contribution in [0.5, 0.6) is 0 Å². The first-order chi connectivity index (χ1) is 25.8. The van der Waals surface area contributed by atoms with Crippen molar-refractivity contribution >= 4 is 46.9 Å². The largest absolute Gasteiger partial charge is 0.481 e. The number of aliphatic carboxylic acids is 2. The van der Waals surface area contributed by atoms with Crippen molar-refractivity contribution in [2.45, 2.75) is 117 Å². The molecule has 2 atom stereocenters. The van der Waals surface area contributed by atoms with Gasteiger partial charge in [-0.2, -0.15) is 0 Å². The molecule has 3 amide bonds. The quantitative estimate of drug-likeness (QED) is 0.0425. The van der Waals surface area contributed by atoms with Gasteiger partial charge in [0.25, 0.3) is 5.91 Å². The molecule has 1 rings (SSSR count). The van der Waals surface area contributed by atoms with Crippen LogP contribution in [0.3, 0.4) is 0 Å². The lowest BCUT2D eigenvalue weighted by atomic mass is 9.74. The molecule has 0 saturated carbocycles. The summed E-state index contributed by atoms with van der Waals surface area (Å²) in [4.78, 5) is 86.5. The van der Waals surface area contributed by atoms with E-state index in [9.17, 15) is 43.8 Å². The predicted octanol–water partition coefficient (Wildman–Crippen LogP) is 1.81. The van der Waals surface area contributed by atoms with E-state index in [0.29, 0.717) is 37.1 Å². The molecule has 316 valence electrons. The average molecular weight is 793 g/mol. The number of nitrogens with one attached hydrogen (secondary N) is 4. The zero-order chi connectivity index (χ0) is 42.9. The van der Waals surface area contributed by atoms with Crippen LogP contribution in [0.4, 0.5) is 5.69 Å². The second kappa shape index (κ2) is 22.3. The minimum absolute atomic E-state index is 0.0236. The van der Waals surface area contributed by atoms with Crippen LogP contribution in [-0.2, 0) is 38.2 Å². The molecule has 56 heavy (non-hydrogen) atoms. The van der Waals surface area contributed by atoms with Crippen molar-refractivity contribution in [1.82, 2.24) is 21.3 Å². The highest BCUT2D eigenvalue weighted by Gasteiger charge is 2.40. The molecule has 0 saturated heterocycles. The van der Waals surface area contributed by atoms with Gasteiger partial charge < -0.3 is 47.1 Å². The molecule has 0 aliphatic heterocycles. The molecule has 0 heterocycles. The topological polar surface area (TPSA) is 279 Å². The first kappa shape index (κ1) is 49.6. The van der Waals surface area contributed by atoms with Crippen LogP contribution >= 0.6 is 0 Å². The molecule has 0 radical (unpaired) electrons. The molecule has 17 heteroatoms. The Morgan fingerprint density at radius 1 is 0.732 bits per heavy atom. The Labute approximate surface area is 329 Å². The van der Waals surface area contributed by atoms with E-state index in [1.54, 1.807) is 65.8 Å². The van der Waals surface area contributed by atoms with Gasteiger partial charge in [-0.3, -0.25) is 34.1 Å². The maximum Gasteiger partial charge on any atom is 0.326 e. The van der Waals surface area contributed by atoms with Crippen LogP contribution in [0.1, 0.15) is 104 Å². The van der Waals surface area contributed by atoms with Crippen molar-refractivity contribution < 1.29 is 53.2 Å². The first-order valence-corrected chi connectivity index (χ1v) is 18.8. The number of hydrogen-bond donors (Lipinski definition) is 8. The summed E-state index contributed by atoms with van der Waals surface area (Å²) in [7, 11) is 0. The molecule has 17 nitrogen and oxygen atoms in total. The van der Waals surface area contributed by atoms with Crippen LogP contribution < -0.4 is 32.7 Å². The third-order valence-corrected chi connectivity index (χ3v) is 9.41. The smallest absolute Gasteiger partial charge is 0.326 e. The molecular weight excluding hydrogens is 728 g/mol. The fraction of sp³-hybridized carbons (Fsp3) is 0.667. The third-order valence-electron chi connectivity index (χ3n) is 9.41. The number of ether oxygens (including phenoxy) is 2. The highest BCUT2D eigenvalue weighted by molar-refractivity contribution is 5.94. The standard InChI is InChI=1S/C39H64N6O11/c1-36(2,24-37(3,4)35(53)54)34(52)44-28(33(50)51)16-17-29(46)38(5,6)43-19-20-55-21-22-56-23-30(47)39(7,8)45-27(31(41)48)11-9-10-18-42-32(49)25-12-14-26(40)15-13-25/h12-15,27-28,43,45H,9-11,16-24,40H2,1-8H3,(H2,41,48)(H,42,49)(H,44,52)(H,50,51)(H,53,54)/t27-,28-/m0/s1. The Kier molecular flexibility index (Phi) is 19.8. The monoisotopic (exact) mass is 792 g/mol. The molecule has 0 aliphatic rings. The summed E-state index contributed by atoms with van der Waals surface area (Å²) in [6.45, 7) is 13.6. The van der Waals surface area contributed by atoms with Gasteiger partial charge >= 0.3 is 11.9 Å². The number of rotatable bonds is 29. The Bertz CT molecular complexity index is 1510. The summed E-state index contributed by atoms with van der Waals surface area (Å²) in [6.07, 6.45) is 1.21. The van der Waals surface area contributed by atoms with E-state index in [1.165, 1.54) is 13.8 Å². The zero-order valence-electron chi connectivity index (χ0n) is 34.2. The van der Waals surface area contributed by atoms with E-state index >= 15 is 0 Å². The van der Waals surface area contributed by atoms with E-state index in [2.05, 4.69) is 21.3 Å². The molecule has 10 N–H and O–H groups in total. The number of amides is 3. The molecule has 0 aliphatic carbocycles. The van der Waals surface area contributed by atoms with Crippen molar-refractivity contribution in [3.05, 3.63) is 29.8 Å². The average Bonchev–Trinajstić information content (AvgIpc) is 3.09. The molecule has 0 spiro atoms. The molecule has 1 aromatic rings. The number of hydrogen-bond acceptors (Lipinski definition) is 12. The number of ketones is 2. The number of carbonyl (C=O) groups is 7. The minimum atomic E-state index is -1.34. The van der Waals surface area contributed by atoms with Gasteiger partial charge in [-0.05, 0) is 97.9 Å². The number of carboxylic acids is 2. The summed E-state index contributed by atoms with van der Waals surface area (Å²) in [5.41, 5.74) is 7.78. The molecule has 0 unspecified atom stereocenters. The van der Waals surface area contributed by atoms with Crippen LogP contribution in [0, 0.1) is 10.8 Å². The Morgan fingerprint density at radius 2 is 1.34 bits per heavy atom. The van der Waals surface area contributed by atoms with Gasteiger partial charge in [0.1, 0.15) is 12.6 Å². The SMILES string of the molecule is CC(C)(CC(C)(C)C(=O)N[C@@H](CCC(=O)C(C)(C)NCCOCCOCC(=O)C(C)(C)N[C@@H](CCCCNC(=O)c1ccc(N)cc1)C(N)=O)C(=O)O)C(=O)O. The maximum absolute atomic E-state index is 13.0. The predicted molar refractivity (Wildman–Crippen MR) is 210 cm³/mol. The minimum Gasteiger partial charge on any atom is -0.481 e. The van der Waals surface area contributed by atoms with E-state index in [-0.39, 0.29) is 69.7 Å². The normalized spacial score (nSPS) is 13.4. The number of anilines is 1. The van der Waals surface area contributed by atoms with Crippen LogP contribution in [-0.4, -0.2) is 114 Å². The van der Waals surface area contributed by atoms with E-state index in [0.717, 1.165) is 0 Å². The fourth-order valence-corrected chi connectivity index (χ4v) is 5.77. The summed E-state index contributed by atoms with van der Waals surface area (Å²) >= 11 is 0. The number of unbranched alkanes of at least 4 members (excludes halogenated alkanes) is 1. The zero-order valence-corrected chi connectivity index (χ0v) is 34.2. The lowest BCUT2D eigenvalue weighted by Gasteiger charge is -2.32. The lowest BCUT2D eigenvalue weighted by Crippen LogP contribution is -2.56. The highest BCUT2D eigenvalue weighted by Crippen LogP contribution is 2.34. The van der Waals surface area contributed by atoms with E-state index in [1.807, 2.05) is 0 Å². The van der Waals surface area contributed by atoms with Gasteiger partial charge in [0.15, 0.2) is 11.6 Å². The molecule has 0 bridgehead atoms. The number of primary amides is 1. The Balaban J connectivity index is 2.39. The van der Waals surface area contributed by atoms with Gasteiger partial charge in [0.05, 0.1) is 42.4 Å². The highest BCUT2D eigenvalue weighted by atomic mass is 16.5. The summed E-state index contributed by atoms with van der Waals surface area (Å²) in [5, 5.41) is 30.5. The molecular formula is C39H64N6O11. The Hall–Kier alpha value is -4.45. The van der Waals surface area contributed by atoms with Gasteiger partial charge in [0.2, 0.25) is 11.8 Å². The number of carbonyl (C=O) groups excluding carboxylic acids is 5. The van der Waals surface area contributed by atoms with Crippen molar-refractivity contribution in [1.29, 1.82) is 0 Å². The van der Waals surface area contributed by atoms with E-state index in [4.69, 9.17) is 20.9 Å². The second-order valence-corrected chi connectivity index (χ2v) is 16.3. The second-order valence-electron chi connectivity index (χ2n) is 16.3. The van der Waals surface area contributed by atoms with Crippen molar-refractivity contribution in [2.24, 2.45) is 16.6 Å². The van der Waals surface area contributed by atoms with Crippen molar-refractivity contribution in [2.75, 3.05) is 45.3 Å². The first-order valence-electron chi connectivity index (χ1n) is 18.8.